The van der Waals surface area contributed by atoms with Crippen LogP contribution in [0.25, 0.3) is 0 Å². The van der Waals surface area contributed by atoms with Crippen LogP contribution in [0.15, 0.2) is 24.4 Å². The van der Waals surface area contributed by atoms with Crippen molar-refractivity contribution in [3.63, 3.8) is 0 Å². The van der Waals surface area contributed by atoms with E-state index in [1.54, 1.807) is 0 Å². The number of aromatic nitrogens is 1. The van der Waals surface area contributed by atoms with Crippen LogP contribution in [0.1, 0.15) is 31.5 Å². The second-order valence-corrected chi connectivity index (χ2v) is 4.33. The summed E-state index contributed by atoms with van der Waals surface area (Å²) >= 11 is 0. The predicted octanol–water partition coefficient (Wildman–Crippen LogP) is 1.57. The fourth-order valence-electron chi connectivity index (χ4n) is 2.20. The van der Waals surface area contributed by atoms with E-state index in [-0.39, 0.29) is 0 Å². The van der Waals surface area contributed by atoms with E-state index in [2.05, 4.69) is 22.9 Å². The molecule has 0 amide bonds. The zero-order valence-electron chi connectivity index (χ0n) is 9.26. The Balaban J connectivity index is 2.04. The number of hydrogen-bond acceptors (Lipinski definition) is 3. The molecule has 0 spiro atoms. The number of nitrogens with two attached hydrogens (primary N) is 1. The van der Waals surface area contributed by atoms with Gasteiger partial charge in [-0.15, -0.1) is 0 Å². The third-order valence-electron chi connectivity index (χ3n) is 3.15. The van der Waals surface area contributed by atoms with Crippen LogP contribution in [-0.2, 0) is 0 Å². The Morgan fingerprint density at radius 2 is 2.40 bits per heavy atom. The first-order valence-corrected chi connectivity index (χ1v) is 5.68. The molecule has 2 rings (SSSR count). The summed E-state index contributed by atoms with van der Waals surface area (Å²) in [5.41, 5.74) is 7.12. The third kappa shape index (κ3) is 2.55. The van der Waals surface area contributed by atoms with Crippen LogP contribution >= 0.6 is 0 Å². The lowest BCUT2D eigenvalue weighted by Gasteiger charge is -2.35. The molecule has 15 heavy (non-hydrogen) atoms. The minimum absolute atomic E-state index is 0.338. The molecule has 1 aromatic heterocycles. The maximum absolute atomic E-state index is 5.98. The van der Waals surface area contributed by atoms with Gasteiger partial charge in [-0.05, 0) is 38.4 Å². The van der Waals surface area contributed by atoms with Crippen LogP contribution in [0.3, 0.4) is 0 Å². The van der Waals surface area contributed by atoms with Crippen molar-refractivity contribution in [1.82, 2.24) is 9.88 Å². The topological polar surface area (TPSA) is 42.2 Å². The average molecular weight is 205 g/mol. The highest BCUT2D eigenvalue weighted by atomic mass is 15.2. The maximum Gasteiger partial charge on any atom is 0.0572 e. The van der Waals surface area contributed by atoms with E-state index in [4.69, 9.17) is 5.73 Å². The number of piperidine rings is 1. The van der Waals surface area contributed by atoms with E-state index in [0.29, 0.717) is 12.1 Å². The molecule has 0 aromatic carbocycles. The Bertz CT molecular complexity index is 299. The second kappa shape index (κ2) is 4.73. The van der Waals surface area contributed by atoms with Gasteiger partial charge in [0.1, 0.15) is 0 Å². The number of hydrogen-bond donors (Lipinski definition) is 1. The number of rotatable bonds is 2. The summed E-state index contributed by atoms with van der Waals surface area (Å²) in [7, 11) is 0. The van der Waals surface area contributed by atoms with Gasteiger partial charge in [0.2, 0.25) is 0 Å². The van der Waals surface area contributed by atoms with E-state index >= 15 is 0 Å². The summed E-state index contributed by atoms with van der Waals surface area (Å²) in [4.78, 5) is 6.82. The summed E-state index contributed by atoms with van der Waals surface area (Å²) in [6.45, 7) is 4.35. The van der Waals surface area contributed by atoms with Gasteiger partial charge in [-0.1, -0.05) is 6.07 Å². The number of likely N-dealkylation sites (tertiary alicyclic amines) is 1. The Morgan fingerprint density at radius 3 is 3.07 bits per heavy atom. The van der Waals surface area contributed by atoms with E-state index in [1.807, 2.05) is 18.3 Å². The zero-order chi connectivity index (χ0) is 10.7. The molecule has 1 fully saturated rings. The van der Waals surface area contributed by atoms with Crippen molar-refractivity contribution in [3.8, 4) is 0 Å². The van der Waals surface area contributed by atoms with Crippen LogP contribution in [0, 0.1) is 0 Å². The summed E-state index contributed by atoms with van der Waals surface area (Å²) in [5.74, 6) is 0. The van der Waals surface area contributed by atoms with Crippen molar-refractivity contribution < 1.29 is 0 Å². The monoisotopic (exact) mass is 205 g/mol. The molecule has 2 atom stereocenters. The second-order valence-electron chi connectivity index (χ2n) is 4.33. The molecular weight excluding hydrogens is 186 g/mol. The van der Waals surface area contributed by atoms with E-state index in [1.165, 1.54) is 6.42 Å². The standard InChI is InChI=1S/C12H19N3/c1-10(12-6-2-3-7-14-12)15-8-4-5-11(13)9-15/h2-3,6-7,10-11H,4-5,8-9,13H2,1H3/t10-,11+/m0/s1. The molecule has 3 heteroatoms. The quantitative estimate of drug-likeness (QED) is 0.797. The van der Waals surface area contributed by atoms with Crippen LogP contribution in [0.4, 0.5) is 0 Å². The summed E-state index contributed by atoms with van der Waals surface area (Å²) in [5, 5.41) is 0. The maximum atomic E-state index is 5.98. The lowest BCUT2D eigenvalue weighted by Crippen LogP contribution is -2.43. The molecule has 0 unspecified atom stereocenters. The lowest BCUT2D eigenvalue weighted by atomic mass is 10.0. The van der Waals surface area contributed by atoms with Gasteiger partial charge >= 0.3 is 0 Å². The smallest absolute Gasteiger partial charge is 0.0572 e. The Labute approximate surface area is 91.3 Å². The molecule has 3 nitrogen and oxygen atoms in total. The van der Waals surface area contributed by atoms with Gasteiger partial charge in [0.25, 0.3) is 0 Å². The Morgan fingerprint density at radius 1 is 1.53 bits per heavy atom. The normalized spacial score (nSPS) is 25.1. The molecule has 1 saturated heterocycles. The van der Waals surface area contributed by atoms with Crippen LogP contribution in [-0.4, -0.2) is 29.0 Å². The first kappa shape index (κ1) is 10.6. The minimum Gasteiger partial charge on any atom is -0.327 e. The molecule has 0 aliphatic carbocycles. The van der Waals surface area contributed by atoms with Crippen molar-refractivity contribution in [3.05, 3.63) is 30.1 Å². The van der Waals surface area contributed by atoms with Crippen LogP contribution in [0.5, 0.6) is 0 Å². The Hall–Kier alpha value is -0.930. The van der Waals surface area contributed by atoms with Gasteiger partial charge < -0.3 is 5.73 Å². The molecule has 2 heterocycles. The third-order valence-corrected chi connectivity index (χ3v) is 3.15. The van der Waals surface area contributed by atoms with Gasteiger partial charge in [-0.25, -0.2) is 0 Å². The Kier molecular flexibility index (Phi) is 3.34. The molecule has 0 bridgehead atoms. The average Bonchev–Trinajstić information content (AvgIpc) is 2.29. The fourth-order valence-corrected chi connectivity index (χ4v) is 2.20. The summed E-state index contributed by atoms with van der Waals surface area (Å²) < 4.78 is 0. The molecule has 1 aliphatic rings. The summed E-state index contributed by atoms with van der Waals surface area (Å²) in [6, 6.07) is 6.81. The molecule has 0 saturated carbocycles. The van der Waals surface area contributed by atoms with E-state index in [9.17, 15) is 0 Å². The van der Waals surface area contributed by atoms with E-state index < -0.39 is 0 Å². The number of nitrogens with zero attached hydrogens (tertiary/aromatic N) is 2. The molecule has 1 aliphatic heterocycles. The highest BCUT2D eigenvalue weighted by Crippen LogP contribution is 2.21. The first-order valence-electron chi connectivity index (χ1n) is 5.68. The van der Waals surface area contributed by atoms with Gasteiger partial charge in [0.05, 0.1) is 5.69 Å². The van der Waals surface area contributed by atoms with Crippen molar-refractivity contribution in [1.29, 1.82) is 0 Å². The van der Waals surface area contributed by atoms with Crippen molar-refractivity contribution in [2.75, 3.05) is 13.1 Å². The molecule has 2 N–H and O–H groups in total. The van der Waals surface area contributed by atoms with Crippen LogP contribution < -0.4 is 5.73 Å². The highest BCUT2D eigenvalue weighted by molar-refractivity contribution is 5.08. The van der Waals surface area contributed by atoms with Gasteiger partial charge in [0, 0.05) is 24.8 Å². The van der Waals surface area contributed by atoms with Crippen molar-refractivity contribution >= 4 is 0 Å². The van der Waals surface area contributed by atoms with Crippen molar-refractivity contribution in [2.24, 2.45) is 5.73 Å². The van der Waals surface area contributed by atoms with Crippen molar-refractivity contribution in [2.45, 2.75) is 31.8 Å². The van der Waals surface area contributed by atoms with Gasteiger partial charge in [-0.3, -0.25) is 9.88 Å². The highest BCUT2D eigenvalue weighted by Gasteiger charge is 2.22. The molecule has 82 valence electrons. The summed E-state index contributed by atoms with van der Waals surface area (Å²) in [6.07, 6.45) is 4.22. The zero-order valence-corrected chi connectivity index (χ0v) is 9.26. The molecule has 1 aromatic rings. The van der Waals surface area contributed by atoms with E-state index in [0.717, 1.165) is 25.2 Å². The first-order chi connectivity index (χ1) is 7.27. The lowest BCUT2D eigenvalue weighted by molar-refractivity contribution is 0.157. The van der Waals surface area contributed by atoms with Crippen LogP contribution in [0.2, 0.25) is 0 Å². The van der Waals surface area contributed by atoms with Gasteiger partial charge in [-0.2, -0.15) is 0 Å². The molecular formula is C12H19N3. The molecule has 0 radical (unpaired) electrons. The predicted molar refractivity (Wildman–Crippen MR) is 61.4 cm³/mol. The number of pyridine rings is 1. The SMILES string of the molecule is C[C@@H](c1ccccn1)N1CCC[C@@H](N)C1. The minimum atomic E-state index is 0.338. The largest absolute Gasteiger partial charge is 0.327 e. The fraction of sp³-hybridized carbons (Fsp3) is 0.583. The van der Waals surface area contributed by atoms with Gasteiger partial charge in [0.15, 0.2) is 0 Å².